The number of ether oxygens (including phenoxy) is 1. The highest BCUT2D eigenvalue weighted by atomic mass is 16.5. The largest absolute Gasteiger partial charge is 0.454 e. The third kappa shape index (κ3) is 3.30. The second-order valence-corrected chi connectivity index (χ2v) is 7.91. The van der Waals surface area contributed by atoms with Crippen molar-refractivity contribution < 1.29 is 23.9 Å². The Morgan fingerprint density at radius 1 is 1.07 bits per heavy atom. The molecule has 2 aliphatic carbocycles. The van der Waals surface area contributed by atoms with E-state index in [1.54, 1.807) is 12.1 Å². The Kier molecular flexibility index (Phi) is 4.91. The summed E-state index contributed by atoms with van der Waals surface area (Å²) >= 11 is 0. The second kappa shape index (κ2) is 7.37. The molecular weight excluding hydrogens is 360 g/mol. The number of rotatable bonds is 6. The molecule has 1 N–H and O–H groups in total. The molecular formula is C21H24N2O5. The van der Waals surface area contributed by atoms with Crippen LogP contribution in [0.5, 0.6) is 0 Å². The molecule has 1 saturated heterocycles. The maximum absolute atomic E-state index is 12.6. The number of nitrogens with zero attached hydrogens (tertiary/aromatic N) is 1. The molecule has 0 aromatic heterocycles. The minimum atomic E-state index is -0.745. The van der Waals surface area contributed by atoms with Crippen LogP contribution in [0.25, 0.3) is 0 Å². The highest BCUT2D eigenvalue weighted by Crippen LogP contribution is 2.56. The van der Waals surface area contributed by atoms with Gasteiger partial charge in [0, 0.05) is 5.69 Å². The van der Waals surface area contributed by atoms with E-state index in [2.05, 4.69) is 5.32 Å². The fraction of sp³-hybridized carbons (Fsp3) is 0.524. The molecule has 3 fully saturated rings. The lowest BCUT2D eigenvalue weighted by atomic mass is 9.81. The predicted molar refractivity (Wildman–Crippen MR) is 99.9 cm³/mol. The summed E-state index contributed by atoms with van der Waals surface area (Å²) in [5, 5.41) is 2.65. The van der Waals surface area contributed by atoms with E-state index in [4.69, 9.17) is 4.74 Å². The first kappa shape index (κ1) is 18.7. The van der Waals surface area contributed by atoms with Gasteiger partial charge in [0.15, 0.2) is 6.61 Å². The average molecular weight is 384 g/mol. The Hall–Kier alpha value is -2.70. The molecule has 1 aliphatic heterocycles. The van der Waals surface area contributed by atoms with Crippen LogP contribution in [0.3, 0.4) is 0 Å². The number of hydrogen-bond donors (Lipinski definition) is 1. The predicted octanol–water partition coefficient (Wildman–Crippen LogP) is 1.76. The van der Waals surface area contributed by atoms with Crippen LogP contribution >= 0.6 is 0 Å². The summed E-state index contributed by atoms with van der Waals surface area (Å²) in [6, 6.07) is 7.40. The normalized spacial score (nSPS) is 27.8. The van der Waals surface area contributed by atoms with Crippen molar-refractivity contribution in [3.63, 3.8) is 0 Å². The monoisotopic (exact) mass is 384 g/mol. The minimum absolute atomic E-state index is 0.250. The van der Waals surface area contributed by atoms with E-state index in [0.717, 1.165) is 36.1 Å². The molecule has 148 valence electrons. The number of carbonyl (C=O) groups is 4. The quantitative estimate of drug-likeness (QED) is 0.596. The first-order chi connectivity index (χ1) is 13.5. The first-order valence-corrected chi connectivity index (χ1v) is 9.87. The molecule has 3 amide bonds. The van der Waals surface area contributed by atoms with Gasteiger partial charge in [-0.25, -0.2) is 0 Å². The molecule has 2 saturated carbocycles. The summed E-state index contributed by atoms with van der Waals surface area (Å²) in [5.74, 6) is -1.67. The van der Waals surface area contributed by atoms with Crippen molar-refractivity contribution >= 4 is 29.4 Å². The van der Waals surface area contributed by atoms with E-state index in [0.29, 0.717) is 5.69 Å². The average Bonchev–Trinajstić information content (AvgIpc) is 3.37. The lowest BCUT2D eigenvalue weighted by molar-refractivity contribution is -0.154. The van der Waals surface area contributed by atoms with Crippen LogP contribution in [-0.2, 0) is 30.3 Å². The molecule has 4 atom stereocenters. The van der Waals surface area contributed by atoms with Crippen LogP contribution in [0.15, 0.2) is 24.3 Å². The topological polar surface area (TPSA) is 92.8 Å². The summed E-state index contributed by atoms with van der Waals surface area (Å²) in [6.07, 6.45) is 3.83. The molecule has 7 heteroatoms. The minimum Gasteiger partial charge on any atom is -0.454 e. The first-order valence-electron chi connectivity index (χ1n) is 9.87. The molecule has 4 rings (SSSR count). The number of hydrogen-bond acceptors (Lipinski definition) is 5. The zero-order valence-electron chi connectivity index (χ0n) is 15.8. The number of imide groups is 1. The Labute approximate surface area is 163 Å². The number of aryl methyl sites for hydroxylation is 1. The number of likely N-dealkylation sites (tertiary alicyclic amines) is 1. The summed E-state index contributed by atoms with van der Waals surface area (Å²) in [7, 11) is 0. The molecule has 0 unspecified atom stereocenters. The summed E-state index contributed by atoms with van der Waals surface area (Å²) < 4.78 is 4.97. The number of fused-ring (bicyclic) bond motifs is 5. The van der Waals surface area contributed by atoms with Gasteiger partial charge in [-0.3, -0.25) is 24.1 Å². The van der Waals surface area contributed by atoms with Gasteiger partial charge in [0.1, 0.15) is 6.54 Å². The van der Waals surface area contributed by atoms with Crippen LogP contribution in [-0.4, -0.2) is 41.7 Å². The Morgan fingerprint density at radius 2 is 1.68 bits per heavy atom. The van der Waals surface area contributed by atoms with Crippen molar-refractivity contribution in [2.24, 2.45) is 23.7 Å². The van der Waals surface area contributed by atoms with Crippen molar-refractivity contribution in [2.45, 2.75) is 32.6 Å². The molecule has 1 aromatic rings. The van der Waals surface area contributed by atoms with Gasteiger partial charge in [-0.15, -0.1) is 0 Å². The third-order valence-electron chi connectivity index (χ3n) is 6.32. The molecule has 28 heavy (non-hydrogen) atoms. The molecule has 0 spiro atoms. The summed E-state index contributed by atoms with van der Waals surface area (Å²) in [4.78, 5) is 50.2. The lowest BCUT2D eigenvalue weighted by Crippen LogP contribution is -2.38. The highest BCUT2D eigenvalue weighted by molar-refractivity contribution is 6.07. The van der Waals surface area contributed by atoms with Gasteiger partial charge >= 0.3 is 5.97 Å². The highest BCUT2D eigenvalue weighted by Gasteiger charge is 2.61. The maximum Gasteiger partial charge on any atom is 0.326 e. The van der Waals surface area contributed by atoms with Gasteiger partial charge in [0.05, 0.1) is 11.8 Å². The van der Waals surface area contributed by atoms with E-state index in [-0.39, 0.29) is 35.5 Å². The van der Waals surface area contributed by atoms with Gasteiger partial charge in [-0.1, -0.05) is 19.1 Å². The van der Waals surface area contributed by atoms with Gasteiger partial charge < -0.3 is 10.1 Å². The Balaban J connectivity index is 1.27. The lowest BCUT2D eigenvalue weighted by Gasteiger charge is -2.19. The van der Waals surface area contributed by atoms with Gasteiger partial charge in [-0.05, 0) is 55.2 Å². The van der Waals surface area contributed by atoms with Crippen LogP contribution in [0.1, 0.15) is 31.7 Å². The smallest absolute Gasteiger partial charge is 0.326 e. The fourth-order valence-corrected chi connectivity index (χ4v) is 4.97. The third-order valence-corrected chi connectivity index (χ3v) is 6.32. The summed E-state index contributed by atoms with van der Waals surface area (Å²) in [6.45, 7) is 1.17. The van der Waals surface area contributed by atoms with E-state index in [9.17, 15) is 19.2 Å². The zero-order chi connectivity index (χ0) is 19.8. The van der Waals surface area contributed by atoms with Crippen molar-refractivity contribution in [3.05, 3.63) is 29.8 Å². The number of amides is 3. The van der Waals surface area contributed by atoms with Crippen molar-refractivity contribution in [1.82, 2.24) is 4.90 Å². The van der Waals surface area contributed by atoms with Crippen molar-refractivity contribution in [3.8, 4) is 0 Å². The van der Waals surface area contributed by atoms with Crippen LogP contribution in [0.2, 0.25) is 0 Å². The molecule has 1 heterocycles. The SMILES string of the molecule is CCc1ccc(NC(=O)COC(=O)CN2C(=O)[C@@H]3[C@H]4CC[C@@H](C4)[C@@H]3C2=O)cc1. The van der Waals surface area contributed by atoms with E-state index in [1.165, 1.54) is 0 Å². The number of nitrogens with one attached hydrogen (secondary N) is 1. The number of anilines is 1. The molecule has 0 radical (unpaired) electrons. The van der Waals surface area contributed by atoms with Crippen LogP contribution < -0.4 is 5.32 Å². The van der Waals surface area contributed by atoms with Crippen LogP contribution in [0, 0.1) is 23.7 Å². The molecule has 1 aromatic carbocycles. The van der Waals surface area contributed by atoms with E-state index in [1.807, 2.05) is 19.1 Å². The number of esters is 1. The number of carbonyl (C=O) groups excluding carboxylic acids is 4. The maximum atomic E-state index is 12.6. The second-order valence-electron chi connectivity index (χ2n) is 7.91. The van der Waals surface area contributed by atoms with Crippen molar-refractivity contribution in [1.29, 1.82) is 0 Å². The zero-order valence-corrected chi connectivity index (χ0v) is 15.8. The fourth-order valence-electron chi connectivity index (χ4n) is 4.97. The van der Waals surface area contributed by atoms with Crippen LogP contribution in [0.4, 0.5) is 5.69 Å². The van der Waals surface area contributed by atoms with Gasteiger partial charge in [-0.2, -0.15) is 0 Å². The van der Waals surface area contributed by atoms with Gasteiger partial charge in [0.25, 0.3) is 5.91 Å². The molecule has 7 nitrogen and oxygen atoms in total. The Bertz CT molecular complexity index is 791. The molecule has 3 aliphatic rings. The standard InChI is InChI=1S/C21H24N2O5/c1-2-12-3-7-15(8-4-12)22-16(24)11-28-17(25)10-23-20(26)18-13-5-6-14(9-13)19(18)21(23)27/h3-4,7-8,13-14,18-19H,2,5-6,9-11H2,1H3,(H,22,24)/t13-,14-,18-,19+/m0/s1. The summed E-state index contributed by atoms with van der Waals surface area (Å²) in [5.41, 5.74) is 1.77. The van der Waals surface area contributed by atoms with Gasteiger partial charge in [0.2, 0.25) is 11.8 Å². The molecule has 2 bridgehead atoms. The number of benzene rings is 1. The Morgan fingerprint density at radius 3 is 2.25 bits per heavy atom. The van der Waals surface area contributed by atoms with Crippen molar-refractivity contribution in [2.75, 3.05) is 18.5 Å². The van der Waals surface area contributed by atoms with E-state index < -0.39 is 25.0 Å². The van der Waals surface area contributed by atoms with E-state index >= 15 is 0 Å².